The fourth-order valence-corrected chi connectivity index (χ4v) is 3.09. The molecule has 1 heterocycles. The Bertz CT molecular complexity index is 1020. The largest absolute Gasteiger partial charge is 0.456 e. The highest BCUT2D eigenvalue weighted by Crippen LogP contribution is 2.33. The van der Waals surface area contributed by atoms with Crippen LogP contribution in [-0.4, -0.2) is 5.11 Å². The predicted molar refractivity (Wildman–Crippen MR) is 94.2 cm³/mol. The van der Waals surface area contributed by atoms with Gasteiger partial charge in [0.05, 0.1) is 10.0 Å². The highest BCUT2D eigenvalue weighted by atomic mass is 35.5. The first kappa shape index (κ1) is 14.6. The molecule has 4 heteroatoms. The number of hydrogen-bond acceptors (Lipinski definition) is 2. The fraction of sp³-hybridized carbons (Fsp3) is 0.0526. The third-order valence-corrected chi connectivity index (χ3v) is 4.72. The Hall–Kier alpha value is -2.00. The predicted octanol–water partition coefficient (Wildman–Crippen LogP) is 5.97. The molecule has 0 spiro atoms. The van der Waals surface area contributed by atoms with Gasteiger partial charge in [0.1, 0.15) is 17.3 Å². The minimum atomic E-state index is -0.789. The van der Waals surface area contributed by atoms with Crippen molar-refractivity contribution in [2.24, 2.45) is 0 Å². The van der Waals surface area contributed by atoms with Gasteiger partial charge in [0.25, 0.3) is 0 Å². The van der Waals surface area contributed by atoms with Crippen LogP contribution in [0.1, 0.15) is 17.2 Å². The zero-order valence-electron chi connectivity index (χ0n) is 12.0. The molecule has 1 aromatic heterocycles. The minimum Gasteiger partial charge on any atom is -0.456 e. The Labute approximate surface area is 142 Å². The number of benzene rings is 3. The number of para-hydroxylation sites is 1. The molecule has 1 atom stereocenters. The number of aliphatic hydroxyl groups excluding tert-OH is 1. The van der Waals surface area contributed by atoms with Gasteiger partial charge in [-0.1, -0.05) is 59.6 Å². The molecule has 114 valence electrons. The van der Waals surface area contributed by atoms with Crippen LogP contribution >= 0.6 is 23.2 Å². The second-order valence-electron chi connectivity index (χ2n) is 5.43. The Kier molecular flexibility index (Phi) is 3.53. The number of fused-ring (bicyclic) bond motifs is 3. The van der Waals surface area contributed by atoms with E-state index in [1.54, 1.807) is 18.2 Å². The van der Waals surface area contributed by atoms with Crippen LogP contribution in [0, 0.1) is 0 Å². The molecule has 23 heavy (non-hydrogen) atoms. The first-order valence-electron chi connectivity index (χ1n) is 7.18. The molecule has 0 amide bonds. The summed E-state index contributed by atoms with van der Waals surface area (Å²) in [6.07, 6.45) is -0.789. The fourth-order valence-electron chi connectivity index (χ4n) is 2.79. The highest BCUT2D eigenvalue weighted by molar-refractivity contribution is 6.42. The van der Waals surface area contributed by atoms with Crippen LogP contribution in [0.15, 0.2) is 65.1 Å². The molecule has 0 aliphatic carbocycles. The van der Waals surface area contributed by atoms with Gasteiger partial charge in [-0.05, 0) is 35.4 Å². The van der Waals surface area contributed by atoms with Crippen LogP contribution in [-0.2, 0) is 0 Å². The topological polar surface area (TPSA) is 33.4 Å². The van der Waals surface area contributed by atoms with Gasteiger partial charge >= 0.3 is 0 Å². The number of aliphatic hydroxyl groups is 1. The van der Waals surface area contributed by atoms with Crippen molar-refractivity contribution in [2.75, 3.05) is 0 Å². The number of hydrogen-bond donors (Lipinski definition) is 1. The molecule has 2 nitrogen and oxygen atoms in total. The molecule has 4 rings (SSSR count). The lowest BCUT2D eigenvalue weighted by Crippen LogP contribution is -1.99. The van der Waals surface area contributed by atoms with Crippen molar-refractivity contribution in [3.8, 4) is 0 Å². The SMILES string of the molecule is O[C@H](c1ccc(Cl)c(Cl)c1)c1ccc2c(c1)oc1ccccc12. The van der Waals surface area contributed by atoms with E-state index in [9.17, 15) is 5.11 Å². The second-order valence-corrected chi connectivity index (χ2v) is 6.24. The molecule has 0 saturated heterocycles. The molecule has 0 bridgehead atoms. The monoisotopic (exact) mass is 342 g/mol. The third-order valence-electron chi connectivity index (χ3n) is 3.98. The lowest BCUT2D eigenvalue weighted by Gasteiger charge is -2.12. The average Bonchev–Trinajstić information content (AvgIpc) is 2.94. The third kappa shape index (κ3) is 2.49. The van der Waals surface area contributed by atoms with E-state index in [1.807, 2.05) is 42.5 Å². The van der Waals surface area contributed by atoms with Crippen LogP contribution in [0.2, 0.25) is 10.0 Å². The summed E-state index contributed by atoms with van der Waals surface area (Å²) >= 11 is 12.0. The smallest absolute Gasteiger partial charge is 0.135 e. The molecule has 0 unspecified atom stereocenters. The van der Waals surface area contributed by atoms with Gasteiger partial charge < -0.3 is 9.52 Å². The lowest BCUT2D eigenvalue weighted by atomic mass is 10.0. The van der Waals surface area contributed by atoms with Crippen molar-refractivity contribution < 1.29 is 9.52 Å². The van der Waals surface area contributed by atoms with Crippen LogP contribution < -0.4 is 0 Å². The zero-order valence-corrected chi connectivity index (χ0v) is 13.5. The van der Waals surface area contributed by atoms with Crippen LogP contribution in [0.4, 0.5) is 0 Å². The van der Waals surface area contributed by atoms with Crippen LogP contribution in [0.25, 0.3) is 21.9 Å². The molecule has 0 fully saturated rings. The van der Waals surface area contributed by atoms with Crippen LogP contribution in [0.5, 0.6) is 0 Å². The van der Waals surface area contributed by atoms with E-state index in [0.29, 0.717) is 15.6 Å². The molecule has 0 aliphatic rings. The molecular formula is C19H12Cl2O2. The summed E-state index contributed by atoms with van der Waals surface area (Å²) in [5.41, 5.74) is 3.02. The summed E-state index contributed by atoms with van der Waals surface area (Å²) in [7, 11) is 0. The molecule has 0 radical (unpaired) electrons. The summed E-state index contributed by atoms with van der Waals surface area (Å²) in [5.74, 6) is 0. The quantitative estimate of drug-likeness (QED) is 0.486. The van der Waals surface area contributed by atoms with Gasteiger partial charge in [0.15, 0.2) is 0 Å². The maximum absolute atomic E-state index is 10.6. The van der Waals surface area contributed by atoms with Gasteiger partial charge in [0, 0.05) is 10.8 Å². The van der Waals surface area contributed by atoms with E-state index in [4.69, 9.17) is 27.6 Å². The summed E-state index contributed by atoms with van der Waals surface area (Å²) in [5, 5.41) is 13.6. The first-order valence-corrected chi connectivity index (χ1v) is 7.93. The van der Waals surface area contributed by atoms with E-state index in [0.717, 1.165) is 27.5 Å². The highest BCUT2D eigenvalue weighted by Gasteiger charge is 2.14. The summed E-state index contributed by atoms with van der Waals surface area (Å²) in [6, 6.07) is 18.7. The Morgan fingerprint density at radius 2 is 1.43 bits per heavy atom. The Morgan fingerprint density at radius 3 is 2.26 bits per heavy atom. The van der Waals surface area contributed by atoms with E-state index in [1.165, 1.54) is 0 Å². The molecule has 1 N–H and O–H groups in total. The standard InChI is InChI=1S/C19H12Cl2O2/c20-15-8-6-11(9-16(15)21)19(22)12-5-7-14-13-3-1-2-4-17(13)23-18(14)10-12/h1-10,19,22H/t19-/m1/s1. The second kappa shape index (κ2) is 5.57. The van der Waals surface area contributed by atoms with Crippen molar-refractivity contribution in [1.29, 1.82) is 0 Å². The van der Waals surface area contributed by atoms with Crippen molar-refractivity contribution in [1.82, 2.24) is 0 Å². The number of rotatable bonds is 2. The summed E-state index contributed by atoms with van der Waals surface area (Å²) in [4.78, 5) is 0. The maximum atomic E-state index is 10.6. The lowest BCUT2D eigenvalue weighted by molar-refractivity contribution is 0.220. The average molecular weight is 343 g/mol. The van der Waals surface area contributed by atoms with Gasteiger partial charge in [-0.25, -0.2) is 0 Å². The van der Waals surface area contributed by atoms with Gasteiger partial charge in [-0.15, -0.1) is 0 Å². The number of halogens is 2. The minimum absolute atomic E-state index is 0.424. The zero-order chi connectivity index (χ0) is 16.0. The van der Waals surface area contributed by atoms with E-state index in [-0.39, 0.29) is 0 Å². The number of furan rings is 1. The van der Waals surface area contributed by atoms with Gasteiger partial charge in [0.2, 0.25) is 0 Å². The Balaban J connectivity index is 1.81. The molecule has 3 aromatic carbocycles. The van der Waals surface area contributed by atoms with E-state index >= 15 is 0 Å². The van der Waals surface area contributed by atoms with Crippen molar-refractivity contribution in [2.45, 2.75) is 6.10 Å². The summed E-state index contributed by atoms with van der Waals surface area (Å²) in [6.45, 7) is 0. The Morgan fingerprint density at radius 1 is 0.739 bits per heavy atom. The normalized spacial score (nSPS) is 12.8. The van der Waals surface area contributed by atoms with Gasteiger partial charge in [-0.3, -0.25) is 0 Å². The van der Waals surface area contributed by atoms with Crippen molar-refractivity contribution >= 4 is 45.1 Å². The first-order chi connectivity index (χ1) is 11.1. The molecular weight excluding hydrogens is 331 g/mol. The van der Waals surface area contributed by atoms with Crippen LogP contribution in [0.3, 0.4) is 0 Å². The summed E-state index contributed by atoms with van der Waals surface area (Å²) < 4.78 is 5.86. The van der Waals surface area contributed by atoms with E-state index < -0.39 is 6.10 Å². The van der Waals surface area contributed by atoms with Gasteiger partial charge in [-0.2, -0.15) is 0 Å². The molecule has 0 aliphatic heterocycles. The van der Waals surface area contributed by atoms with E-state index in [2.05, 4.69) is 0 Å². The maximum Gasteiger partial charge on any atom is 0.135 e. The van der Waals surface area contributed by atoms with Crippen molar-refractivity contribution in [3.05, 3.63) is 81.8 Å². The molecule has 0 saturated carbocycles. The van der Waals surface area contributed by atoms with Crippen molar-refractivity contribution in [3.63, 3.8) is 0 Å². The molecule has 4 aromatic rings.